The Kier molecular flexibility index (Phi) is 6.66. The second-order valence-electron chi connectivity index (χ2n) is 6.23. The Balaban J connectivity index is 1.37. The maximum atomic E-state index is 12.1. The number of aryl methyl sites for hydroxylation is 1. The van der Waals surface area contributed by atoms with E-state index in [9.17, 15) is 13.2 Å². The third kappa shape index (κ3) is 5.31. The molecule has 0 bridgehead atoms. The van der Waals surface area contributed by atoms with Gasteiger partial charge in [-0.15, -0.1) is 0 Å². The molecular formula is C19H21ClN4O3S. The van der Waals surface area contributed by atoms with Gasteiger partial charge in [0.05, 0.1) is 22.3 Å². The Morgan fingerprint density at radius 3 is 2.61 bits per heavy atom. The fourth-order valence-corrected chi connectivity index (χ4v) is 3.91. The normalized spacial score (nSPS) is 11.6. The molecule has 0 aliphatic carbocycles. The molecule has 2 aromatic carbocycles. The van der Waals surface area contributed by atoms with Crippen molar-refractivity contribution >= 4 is 38.6 Å². The van der Waals surface area contributed by atoms with Crippen LogP contribution in [0.2, 0.25) is 5.02 Å². The highest BCUT2D eigenvalue weighted by molar-refractivity contribution is 7.89. The predicted octanol–water partition coefficient (Wildman–Crippen LogP) is 2.56. The fraction of sp³-hybridized carbons (Fsp3) is 0.263. The predicted molar refractivity (Wildman–Crippen MR) is 109 cm³/mol. The summed E-state index contributed by atoms with van der Waals surface area (Å²) in [6.45, 7) is 1.28. The Hall–Kier alpha value is -2.42. The number of benzene rings is 2. The minimum atomic E-state index is -3.65. The van der Waals surface area contributed by atoms with Crippen molar-refractivity contribution in [2.75, 3.05) is 13.1 Å². The van der Waals surface area contributed by atoms with E-state index in [1.807, 2.05) is 28.8 Å². The summed E-state index contributed by atoms with van der Waals surface area (Å²) >= 11 is 5.76. The lowest BCUT2D eigenvalue weighted by molar-refractivity contribution is -0.120. The first-order valence-electron chi connectivity index (χ1n) is 8.87. The lowest BCUT2D eigenvalue weighted by Gasteiger charge is -2.08. The minimum Gasteiger partial charge on any atom is -0.356 e. The summed E-state index contributed by atoms with van der Waals surface area (Å²) in [6, 6.07) is 13.7. The topological polar surface area (TPSA) is 93.1 Å². The van der Waals surface area contributed by atoms with Gasteiger partial charge in [0.15, 0.2) is 0 Å². The van der Waals surface area contributed by atoms with Crippen molar-refractivity contribution in [1.29, 1.82) is 0 Å². The number of nitrogens with one attached hydrogen (secondary N) is 2. The zero-order valence-corrected chi connectivity index (χ0v) is 16.7. The monoisotopic (exact) mass is 420 g/mol. The van der Waals surface area contributed by atoms with Crippen LogP contribution in [0.1, 0.15) is 12.8 Å². The Morgan fingerprint density at radius 1 is 1.07 bits per heavy atom. The third-order valence-electron chi connectivity index (χ3n) is 4.19. The summed E-state index contributed by atoms with van der Waals surface area (Å²) in [4.78, 5) is 16.3. The first-order valence-corrected chi connectivity index (χ1v) is 10.7. The number of imidazole rings is 1. The molecule has 1 amide bonds. The second kappa shape index (κ2) is 9.18. The second-order valence-corrected chi connectivity index (χ2v) is 8.44. The number of para-hydroxylation sites is 2. The number of fused-ring (bicyclic) bond motifs is 1. The van der Waals surface area contributed by atoms with Crippen LogP contribution in [0, 0.1) is 0 Å². The number of carbonyl (C=O) groups excluding carboxylic acids is 1. The smallest absolute Gasteiger partial charge is 0.240 e. The SMILES string of the molecule is O=C(CCNS(=O)(=O)c1ccc(Cl)cc1)NCCCn1cnc2ccccc21. The van der Waals surface area contributed by atoms with Gasteiger partial charge in [-0.25, -0.2) is 18.1 Å². The average molecular weight is 421 g/mol. The van der Waals surface area contributed by atoms with Gasteiger partial charge in [0.25, 0.3) is 0 Å². The molecule has 2 N–H and O–H groups in total. The summed E-state index contributed by atoms with van der Waals surface area (Å²) < 4.78 is 28.7. The number of amides is 1. The zero-order chi connectivity index (χ0) is 20.0. The van der Waals surface area contributed by atoms with Gasteiger partial charge in [0, 0.05) is 31.1 Å². The summed E-state index contributed by atoms with van der Waals surface area (Å²) in [6.07, 6.45) is 2.61. The van der Waals surface area contributed by atoms with E-state index in [1.165, 1.54) is 24.3 Å². The van der Waals surface area contributed by atoms with Crippen molar-refractivity contribution in [3.05, 3.63) is 59.9 Å². The number of hydrogen-bond acceptors (Lipinski definition) is 4. The van der Waals surface area contributed by atoms with E-state index in [0.717, 1.165) is 24.0 Å². The molecule has 0 aliphatic rings. The molecule has 1 heterocycles. The number of sulfonamides is 1. The Bertz CT molecular complexity index is 1050. The van der Waals surface area contributed by atoms with Crippen molar-refractivity contribution < 1.29 is 13.2 Å². The lowest BCUT2D eigenvalue weighted by Crippen LogP contribution is -2.31. The van der Waals surface area contributed by atoms with Gasteiger partial charge in [-0.1, -0.05) is 23.7 Å². The van der Waals surface area contributed by atoms with Gasteiger partial charge in [-0.2, -0.15) is 0 Å². The molecule has 28 heavy (non-hydrogen) atoms. The standard InChI is InChI=1S/C19H21ClN4O3S/c20-15-6-8-16(9-7-15)28(26,27)23-12-10-19(25)21-11-3-13-24-14-22-17-4-1-2-5-18(17)24/h1-2,4-9,14,23H,3,10-13H2,(H,21,25). The molecule has 3 aromatic rings. The van der Waals surface area contributed by atoms with Crippen molar-refractivity contribution in [2.45, 2.75) is 24.3 Å². The fourth-order valence-electron chi connectivity index (χ4n) is 2.75. The molecule has 0 saturated heterocycles. The molecule has 0 radical (unpaired) electrons. The first kappa shape index (κ1) is 20.3. The average Bonchev–Trinajstić information content (AvgIpc) is 3.09. The summed E-state index contributed by atoms with van der Waals surface area (Å²) in [7, 11) is -3.65. The van der Waals surface area contributed by atoms with Crippen LogP contribution in [-0.4, -0.2) is 37.0 Å². The van der Waals surface area contributed by atoms with Crippen molar-refractivity contribution in [3.8, 4) is 0 Å². The first-order chi connectivity index (χ1) is 13.5. The minimum absolute atomic E-state index is 0.0307. The maximum Gasteiger partial charge on any atom is 0.240 e. The summed E-state index contributed by atoms with van der Waals surface area (Å²) in [5, 5.41) is 3.26. The van der Waals surface area contributed by atoms with Gasteiger partial charge in [0.1, 0.15) is 0 Å². The van der Waals surface area contributed by atoms with E-state index < -0.39 is 10.0 Å². The van der Waals surface area contributed by atoms with E-state index in [0.29, 0.717) is 11.6 Å². The molecule has 3 rings (SSSR count). The highest BCUT2D eigenvalue weighted by Crippen LogP contribution is 2.14. The molecule has 0 spiro atoms. The Labute approximate surface area is 168 Å². The quantitative estimate of drug-likeness (QED) is 0.520. The van der Waals surface area contributed by atoms with Crippen LogP contribution < -0.4 is 10.0 Å². The number of aromatic nitrogens is 2. The molecule has 0 saturated carbocycles. The molecule has 148 valence electrons. The van der Waals surface area contributed by atoms with E-state index in [-0.39, 0.29) is 23.8 Å². The number of halogens is 1. The lowest BCUT2D eigenvalue weighted by atomic mass is 10.3. The number of rotatable bonds is 9. The van der Waals surface area contributed by atoms with Gasteiger partial charge in [-0.05, 0) is 42.8 Å². The molecule has 0 unspecified atom stereocenters. The van der Waals surface area contributed by atoms with Crippen LogP contribution >= 0.6 is 11.6 Å². The van der Waals surface area contributed by atoms with Crippen LogP contribution in [0.5, 0.6) is 0 Å². The molecular weight excluding hydrogens is 400 g/mol. The van der Waals surface area contributed by atoms with Gasteiger partial charge in [0.2, 0.25) is 15.9 Å². The van der Waals surface area contributed by atoms with Crippen molar-refractivity contribution in [2.24, 2.45) is 0 Å². The van der Waals surface area contributed by atoms with Crippen LogP contribution in [0.4, 0.5) is 0 Å². The molecule has 1 aromatic heterocycles. The van der Waals surface area contributed by atoms with Crippen molar-refractivity contribution in [1.82, 2.24) is 19.6 Å². The summed E-state index contributed by atoms with van der Waals surface area (Å²) in [5.41, 5.74) is 2.00. The van der Waals surface area contributed by atoms with Crippen LogP contribution in [0.15, 0.2) is 59.8 Å². The van der Waals surface area contributed by atoms with E-state index in [2.05, 4.69) is 15.0 Å². The number of nitrogens with zero attached hydrogens (tertiary/aromatic N) is 2. The highest BCUT2D eigenvalue weighted by Gasteiger charge is 2.13. The Morgan fingerprint density at radius 2 is 1.82 bits per heavy atom. The molecule has 0 fully saturated rings. The van der Waals surface area contributed by atoms with E-state index in [1.54, 1.807) is 6.33 Å². The van der Waals surface area contributed by atoms with Crippen LogP contribution in [-0.2, 0) is 21.4 Å². The van der Waals surface area contributed by atoms with Gasteiger partial charge < -0.3 is 9.88 Å². The summed E-state index contributed by atoms with van der Waals surface area (Å²) in [5.74, 6) is -0.200. The van der Waals surface area contributed by atoms with Crippen LogP contribution in [0.3, 0.4) is 0 Å². The van der Waals surface area contributed by atoms with Gasteiger partial charge in [-0.3, -0.25) is 4.79 Å². The van der Waals surface area contributed by atoms with Gasteiger partial charge >= 0.3 is 0 Å². The van der Waals surface area contributed by atoms with Crippen LogP contribution in [0.25, 0.3) is 11.0 Å². The largest absolute Gasteiger partial charge is 0.356 e. The maximum absolute atomic E-state index is 12.1. The van der Waals surface area contributed by atoms with E-state index >= 15 is 0 Å². The molecule has 0 atom stereocenters. The highest BCUT2D eigenvalue weighted by atomic mass is 35.5. The zero-order valence-electron chi connectivity index (χ0n) is 15.1. The number of hydrogen-bond donors (Lipinski definition) is 2. The number of carbonyl (C=O) groups is 1. The van der Waals surface area contributed by atoms with E-state index in [4.69, 9.17) is 11.6 Å². The third-order valence-corrected chi connectivity index (χ3v) is 5.92. The molecule has 0 aliphatic heterocycles. The molecule has 9 heteroatoms. The molecule has 7 nitrogen and oxygen atoms in total. The van der Waals surface area contributed by atoms with Crippen molar-refractivity contribution in [3.63, 3.8) is 0 Å².